The van der Waals surface area contributed by atoms with E-state index in [4.69, 9.17) is 14.5 Å². The summed E-state index contributed by atoms with van der Waals surface area (Å²) in [7, 11) is 1.73. The molecule has 1 aromatic carbocycles. The number of ether oxygens (including phenoxy) is 2. The van der Waals surface area contributed by atoms with Gasteiger partial charge in [-0.1, -0.05) is 0 Å². The number of benzene rings is 1. The van der Waals surface area contributed by atoms with Crippen LogP contribution < -0.4 is 20.1 Å². The summed E-state index contributed by atoms with van der Waals surface area (Å²) in [5.74, 6) is 2.77. The zero-order valence-electron chi connectivity index (χ0n) is 17.9. The fourth-order valence-electron chi connectivity index (χ4n) is 4.32. The summed E-state index contributed by atoms with van der Waals surface area (Å²) < 4.78 is 11.5. The molecular weight excluding hydrogens is 479 g/mol. The number of fused-ring (bicyclic) bond motifs is 1. The molecule has 1 aromatic rings. The number of hydrogen-bond acceptors (Lipinski definition) is 4. The van der Waals surface area contributed by atoms with E-state index in [2.05, 4.69) is 41.5 Å². The first-order valence-corrected chi connectivity index (χ1v) is 10.8. The number of aliphatic imine (C=N–C) groups is 1. The largest absolute Gasteiger partial charge is 0.496 e. The predicted octanol–water partition coefficient (Wildman–Crippen LogP) is 3.32. The molecule has 4 rings (SSSR count). The van der Waals surface area contributed by atoms with Crippen LogP contribution in [0, 0.1) is 0 Å². The van der Waals surface area contributed by atoms with Crippen molar-refractivity contribution in [2.75, 3.05) is 26.7 Å². The Morgan fingerprint density at radius 2 is 2.00 bits per heavy atom. The van der Waals surface area contributed by atoms with Gasteiger partial charge in [-0.05, 0) is 51.7 Å². The van der Waals surface area contributed by atoms with E-state index in [-0.39, 0.29) is 30.1 Å². The standard InChI is InChI=1S/C22H34N4O2.HI/c1-4-23-22(25-18-7-9-26(10-8-18)19-5-6-19)24-14-17-13-21-16(11-15(2)28-21)12-20(17)27-3;/h12-13,15,18-19H,4-11,14H2,1-3H3,(H2,23,24,25);1H. The van der Waals surface area contributed by atoms with E-state index in [1.165, 1.54) is 44.3 Å². The highest BCUT2D eigenvalue weighted by Gasteiger charge is 2.32. The van der Waals surface area contributed by atoms with Gasteiger partial charge >= 0.3 is 0 Å². The van der Waals surface area contributed by atoms with Gasteiger partial charge < -0.3 is 25.0 Å². The van der Waals surface area contributed by atoms with Crippen molar-refractivity contribution in [3.8, 4) is 11.5 Å². The summed E-state index contributed by atoms with van der Waals surface area (Å²) in [5.41, 5.74) is 2.29. The van der Waals surface area contributed by atoms with Crippen molar-refractivity contribution in [3.63, 3.8) is 0 Å². The maximum absolute atomic E-state index is 5.92. The third-order valence-corrected chi connectivity index (χ3v) is 5.98. The fraction of sp³-hybridized carbons (Fsp3) is 0.682. The normalized spacial score (nSPS) is 22.4. The first-order chi connectivity index (χ1) is 13.7. The number of methoxy groups -OCH3 is 1. The van der Waals surface area contributed by atoms with Gasteiger partial charge in [0, 0.05) is 49.3 Å². The Kier molecular flexibility index (Phi) is 7.90. The number of piperidine rings is 1. The number of likely N-dealkylation sites (tertiary alicyclic amines) is 1. The van der Waals surface area contributed by atoms with Gasteiger partial charge in [-0.3, -0.25) is 0 Å². The molecule has 1 atom stereocenters. The minimum absolute atomic E-state index is 0. The maximum atomic E-state index is 5.92. The minimum atomic E-state index is 0. The van der Waals surface area contributed by atoms with E-state index in [0.29, 0.717) is 12.6 Å². The summed E-state index contributed by atoms with van der Waals surface area (Å²) in [6, 6.07) is 5.58. The second kappa shape index (κ2) is 10.2. The molecule has 6 nitrogen and oxygen atoms in total. The first-order valence-electron chi connectivity index (χ1n) is 10.8. The van der Waals surface area contributed by atoms with E-state index < -0.39 is 0 Å². The molecule has 29 heavy (non-hydrogen) atoms. The van der Waals surface area contributed by atoms with Crippen LogP contribution in [0.5, 0.6) is 11.5 Å². The van der Waals surface area contributed by atoms with Gasteiger partial charge in [0.2, 0.25) is 0 Å². The van der Waals surface area contributed by atoms with E-state index in [9.17, 15) is 0 Å². The molecule has 7 heteroatoms. The number of nitrogens with zero attached hydrogens (tertiary/aromatic N) is 2. The Morgan fingerprint density at radius 3 is 2.66 bits per heavy atom. The number of nitrogens with one attached hydrogen (secondary N) is 2. The van der Waals surface area contributed by atoms with Crippen LogP contribution in [0.3, 0.4) is 0 Å². The van der Waals surface area contributed by atoms with E-state index in [0.717, 1.165) is 42.0 Å². The van der Waals surface area contributed by atoms with Gasteiger partial charge in [0.05, 0.1) is 13.7 Å². The Morgan fingerprint density at radius 1 is 1.24 bits per heavy atom. The minimum Gasteiger partial charge on any atom is -0.496 e. The summed E-state index contributed by atoms with van der Waals surface area (Å²) >= 11 is 0. The van der Waals surface area contributed by atoms with Crippen molar-refractivity contribution in [2.45, 2.75) is 70.7 Å². The van der Waals surface area contributed by atoms with Crippen LogP contribution in [0.4, 0.5) is 0 Å². The van der Waals surface area contributed by atoms with Crippen molar-refractivity contribution in [2.24, 2.45) is 4.99 Å². The van der Waals surface area contributed by atoms with Gasteiger partial charge in [0.1, 0.15) is 17.6 Å². The average molecular weight is 514 g/mol. The molecule has 1 saturated carbocycles. The third-order valence-electron chi connectivity index (χ3n) is 5.98. The van der Waals surface area contributed by atoms with E-state index >= 15 is 0 Å². The summed E-state index contributed by atoms with van der Waals surface area (Å²) in [5, 5.41) is 7.04. The van der Waals surface area contributed by atoms with E-state index in [1.54, 1.807) is 7.11 Å². The van der Waals surface area contributed by atoms with E-state index in [1.807, 2.05) is 0 Å². The lowest BCUT2D eigenvalue weighted by molar-refractivity contribution is 0.197. The second-order valence-corrected chi connectivity index (χ2v) is 8.29. The van der Waals surface area contributed by atoms with Crippen molar-refractivity contribution >= 4 is 29.9 Å². The molecule has 1 unspecified atom stereocenters. The quantitative estimate of drug-likeness (QED) is 0.347. The molecular formula is C22H35IN4O2. The molecule has 2 fully saturated rings. The number of guanidine groups is 1. The molecule has 0 spiro atoms. The summed E-state index contributed by atoms with van der Waals surface area (Å²) in [6.45, 7) is 8.05. The Bertz CT molecular complexity index is 715. The van der Waals surface area contributed by atoms with Crippen LogP contribution >= 0.6 is 24.0 Å². The van der Waals surface area contributed by atoms with Crippen LogP contribution in [0.1, 0.15) is 50.7 Å². The van der Waals surface area contributed by atoms with Crippen molar-refractivity contribution in [1.82, 2.24) is 15.5 Å². The number of rotatable bonds is 6. The lowest BCUT2D eigenvalue weighted by Gasteiger charge is -2.33. The average Bonchev–Trinajstić information content (AvgIpc) is 3.47. The zero-order chi connectivity index (χ0) is 19.5. The van der Waals surface area contributed by atoms with Gasteiger partial charge in [-0.2, -0.15) is 0 Å². The molecule has 2 heterocycles. The highest BCUT2D eigenvalue weighted by molar-refractivity contribution is 14.0. The SMILES string of the molecule is CCNC(=NCc1cc2c(cc1OC)CC(C)O2)NC1CCN(C2CC2)CC1.I. The van der Waals surface area contributed by atoms with Crippen LogP contribution in [0.15, 0.2) is 17.1 Å². The Labute approximate surface area is 191 Å². The molecule has 0 radical (unpaired) electrons. The first kappa shape index (κ1) is 22.5. The summed E-state index contributed by atoms with van der Waals surface area (Å²) in [4.78, 5) is 7.49. The predicted molar refractivity (Wildman–Crippen MR) is 128 cm³/mol. The van der Waals surface area contributed by atoms with Gasteiger partial charge in [-0.15, -0.1) is 24.0 Å². The highest BCUT2D eigenvalue weighted by atomic mass is 127. The molecule has 0 amide bonds. The van der Waals surface area contributed by atoms with Crippen LogP contribution in [-0.4, -0.2) is 55.8 Å². The molecule has 2 N–H and O–H groups in total. The van der Waals surface area contributed by atoms with Gasteiger partial charge in [0.25, 0.3) is 0 Å². The molecule has 2 aliphatic heterocycles. The fourth-order valence-corrected chi connectivity index (χ4v) is 4.32. The van der Waals surface area contributed by atoms with Crippen molar-refractivity contribution in [3.05, 3.63) is 23.3 Å². The smallest absolute Gasteiger partial charge is 0.191 e. The molecule has 0 bridgehead atoms. The van der Waals surface area contributed by atoms with Crippen LogP contribution in [0.25, 0.3) is 0 Å². The third kappa shape index (κ3) is 5.69. The molecule has 1 saturated heterocycles. The van der Waals surface area contributed by atoms with Crippen molar-refractivity contribution < 1.29 is 9.47 Å². The highest BCUT2D eigenvalue weighted by Crippen LogP contribution is 2.35. The molecule has 0 aromatic heterocycles. The Balaban J connectivity index is 0.00000240. The zero-order valence-corrected chi connectivity index (χ0v) is 20.2. The number of hydrogen-bond donors (Lipinski definition) is 2. The Hall–Kier alpha value is -1.22. The van der Waals surface area contributed by atoms with Gasteiger partial charge in [0.15, 0.2) is 5.96 Å². The number of halogens is 1. The second-order valence-electron chi connectivity index (χ2n) is 8.29. The lowest BCUT2D eigenvalue weighted by atomic mass is 10.1. The molecule has 162 valence electrons. The lowest BCUT2D eigenvalue weighted by Crippen LogP contribution is -2.49. The van der Waals surface area contributed by atoms with Crippen LogP contribution in [0.2, 0.25) is 0 Å². The maximum Gasteiger partial charge on any atom is 0.191 e. The monoisotopic (exact) mass is 514 g/mol. The van der Waals surface area contributed by atoms with Crippen LogP contribution in [-0.2, 0) is 13.0 Å². The topological polar surface area (TPSA) is 58.1 Å². The molecule has 3 aliphatic rings. The van der Waals surface area contributed by atoms with Gasteiger partial charge in [-0.25, -0.2) is 4.99 Å². The summed E-state index contributed by atoms with van der Waals surface area (Å²) in [6.07, 6.45) is 6.35. The molecule has 1 aliphatic carbocycles. The van der Waals surface area contributed by atoms with Crippen molar-refractivity contribution in [1.29, 1.82) is 0 Å².